The van der Waals surface area contributed by atoms with Gasteiger partial charge in [0.2, 0.25) is 5.91 Å². The Kier molecular flexibility index (Phi) is 3.14. The number of hydrogen-bond donors (Lipinski definition) is 1. The number of amides is 1. The fraction of sp³-hybridized carbons (Fsp3) is 0.818. The van der Waals surface area contributed by atoms with Crippen LogP contribution in [-0.4, -0.2) is 37.7 Å². The summed E-state index contributed by atoms with van der Waals surface area (Å²) in [6.07, 6.45) is 1.52. The van der Waals surface area contributed by atoms with Crippen LogP contribution in [0.2, 0.25) is 0 Å². The molecule has 0 radical (unpaired) electrons. The van der Waals surface area contributed by atoms with Gasteiger partial charge in [0, 0.05) is 13.2 Å². The van der Waals surface area contributed by atoms with Gasteiger partial charge in [0.25, 0.3) is 0 Å². The van der Waals surface area contributed by atoms with Crippen molar-refractivity contribution >= 4 is 11.9 Å². The molecule has 5 heteroatoms. The van der Waals surface area contributed by atoms with Gasteiger partial charge in [0.05, 0.1) is 19.1 Å². The molecule has 5 nitrogen and oxygen atoms in total. The van der Waals surface area contributed by atoms with Crippen LogP contribution in [0.5, 0.6) is 0 Å². The molecule has 1 amide bonds. The van der Waals surface area contributed by atoms with Crippen LogP contribution in [-0.2, 0) is 19.1 Å². The second-order valence-corrected chi connectivity index (χ2v) is 4.32. The van der Waals surface area contributed by atoms with Crippen molar-refractivity contribution in [3.63, 3.8) is 0 Å². The number of piperidine rings is 1. The summed E-state index contributed by atoms with van der Waals surface area (Å²) in [6.45, 7) is 3.12. The first-order valence-corrected chi connectivity index (χ1v) is 5.74. The lowest BCUT2D eigenvalue weighted by Gasteiger charge is -2.44. The summed E-state index contributed by atoms with van der Waals surface area (Å²) >= 11 is 0. The molecular formula is C11H17NO4. The summed E-state index contributed by atoms with van der Waals surface area (Å²) in [4.78, 5) is 23.3. The fourth-order valence-electron chi connectivity index (χ4n) is 2.47. The quantitative estimate of drug-likeness (QED) is 0.686. The Hall–Kier alpha value is -1.10. The monoisotopic (exact) mass is 227 g/mol. The zero-order chi connectivity index (χ0) is 11.6. The van der Waals surface area contributed by atoms with Gasteiger partial charge in [0.15, 0.2) is 0 Å². The van der Waals surface area contributed by atoms with Crippen molar-refractivity contribution in [1.29, 1.82) is 0 Å². The Morgan fingerprint density at radius 1 is 1.69 bits per heavy atom. The van der Waals surface area contributed by atoms with Crippen molar-refractivity contribution in [3.8, 4) is 0 Å². The van der Waals surface area contributed by atoms with Gasteiger partial charge in [-0.15, -0.1) is 0 Å². The SMILES string of the molecule is CCOC(=O)[C@@]12CCCO[C@H]1CC(=O)NC2. The molecule has 2 saturated heterocycles. The normalized spacial score (nSPS) is 33.8. The average Bonchev–Trinajstić information content (AvgIpc) is 2.29. The van der Waals surface area contributed by atoms with Gasteiger partial charge in [-0.3, -0.25) is 9.59 Å². The Labute approximate surface area is 94.5 Å². The molecule has 0 bridgehead atoms. The Bertz CT molecular complexity index is 304. The summed E-state index contributed by atoms with van der Waals surface area (Å²) in [5.41, 5.74) is -0.651. The smallest absolute Gasteiger partial charge is 0.316 e. The van der Waals surface area contributed by atoms with E-state index in [0.717, 1.165) is 12.8 Å². The molecule has 0 saturated carbocycles. The second kappa shape index (κ2) is 4.41. The maximum atomic E-state index is 12.0. The molecule has 0 aromatic rings. The summed E-state index contributed by atoms with van der Waals surface area (Å²) < 4.78 is 10.7. The molecule has 2 rings (SSSR count). The van der Waals surface area contributed by atoms with E-state index in [2.05, 4.69) is 5.32 Å². The standard InChI is InChI=1S/C11H17NO4/c1-2-15-10(14)11-4-3-5-16-8(11)6-9(13)12-7-11/h8H,2-7H2,1H3,(H,12,13)/t8-,11+/m0/s1. The molecule has 90 valence electrons. The summed E-state index contributed by atoms with van der Waals surface area (Å²) in [5.74, 6) is -0.286. The number of rotatable bonds is 2. The molecule has 2 fully saturated rings. The van der Waals surface area contributed by atoms with E-state index in [0.29, 0.717) is 19.8 Å². The maximum Gasteiger partial charge on any atom is 0.316 e. The number of ether oxygens (including phenoxy) is 2. The minimum absolute atomic E-state index is 0.0492. The van der Waals surface area contributed by atoms with Crippen molar-refractivity contribution in [2.75, 3.05) is 19.8 Å². The van der Waals surface area contributed by atoms with Gasteiger partial charge in [0.1, 0.15) is 5.41 Å². The minimum atomic E-state index is -0.651. The summed E-state index contributed by atoms with van der Waals surface area (Å²) in [5, 5.41) is 2.74. The first-order valence-electron chi connectivity index (χ1n) is 5.74. The number of carbonyl (C=O) groups excluding carboxylic acids is 2. The van der Waals surface area contributed by atoms with Gasteiger partial charge in [-0.25, -0.2) is 0 Å². The van der Waals surface area contributed by atoms with Crippen molar-refractivity contribution in [1.82, 2.24) is 5.32 Å². The molecular weight excluding hydrogens is 210 g/mol. The van der Waals surface area contributed by atoms with Crippen LogP contribution in [0, 0.1) is 5.41 Å². The molecule has 0 aromatic heterocycles. The molecule has 16 heavy (non-hydrogen) atoms. The van der Waals surface area contributed by atoms with E-state index in [4.69, 9.17) is 9.47 Å². The highest BCUT2D eigenvalue weighted by molar-refractivity contribution is 5.85. The number of fused-ring (bicyclic) bond motifs is 1. The molecule has 2 aliphatic heterocycles. The lowest BCUT2D eigenvalue weighted by molar-refractivity contribution is -0.179. The van der Waals surface area contributed by atoms with Gasteiger partial charge in [-0.1, -0.05) is 0 Å². The predicted molar refractivity (Wildman–Crippen MR) is 55.7 cm³/mol. The largest absolute Gasteiger partial charge is 0.465 e. The first-order chi connectivity index (χ1) is 7.69. The number of hydrogen-bond acceptors (Lipinski definition) is 4. The minimum Gasteiger partial charge on any atom is -0.465 e. The third-order valence-electron chi connectivity index (χ3n) is 3.36. The van der Waals surface area contributed by atoms with E-state index >= 15 is 0 Å². The van der Waals surface area contributed by atoms with Crippen LogP contribution in [0.15, 0.2) is 0 Å². The van der Waals surface area contributed by atoms with E-state index in [1.807, 2.05) is 0 Å². The van der Waals surface area contributed by atoms with Crippen LogP contribution >= 0.6 is 0 Å². The molecule has 2 atom stereocenters. The van der Waals surface area contributed by atoms with Crippen LogP contribution < -0.4 is 5.32 Å². The van der Waals surface area contributed by atoms with Gasteiger partial charge >= 0.3 is 5.97 Å². The predicted octanol–water partition coefficient (Wildman–Crippen LogP) is 0.235. The van der Waals surface area contributed by atoms with Gasteiger partial charge in [-0.2, -0.15) is 0 Å². The third-order valence-corrected chi connectivity index (χ3v) is 3.36. The van der Waals surface area contributed by atoms with Crippen molar-refractivity contribution in [2.45, 2.75) is 32.3 Å². The second-order valence-electron chi connectivity index (χ2n) is 4.32. The highest BCUT2D eigenvalue weighted by Crippen LogP contribution is 2.39. The van der Waals surface area contributed by atoms with E-state index < -0.39 is 5.41 Å². The average molecular weight is 227 g/mol. The Morgan fingerprint density at radius 2 is 2.50 bits per heavy atom. The molecule has 2 heterocycles. The zero-order valence-electron chi connectivity index (χ0n) is 9.45. The number of esters is 1. The fourth-order valence-corrected chi connectivity index (χ4v) is 2.47. The Morgan fingerprint density at radius 3 is 3.25 bits per heavy atom. The van der Waals surface area contributed by atoms with E-state index in [1.165, 1.54) is 0 Å². The molecule has 0 aromatic carbocycles. The van der Waals surface area contributed by atoms with Crippen LogP contribution in [0.1, 0.15) is 26.2 Å². The number of carbonyl (C=O) groups is 2. The molecule has 0 spiro atoms. The van der Waals surface area contributed by atoms with Crippen molar-refractivity contribution in [3.05, 3.63) is 0 Å². The molecule has 0 unspecified atom stereocenters. The van der Waals surface area contributed by atoms with E-state index in [1.54, 1.807) is 6.92 Å². The van der Waals surface area contributed by atoms with E-state index in [-0.39, 0.29) is 24.4 Å². The highest BCUT2D eigenvalue weighted by Gasteiger charge is 2.52. The lowest BCUT2D eigenvalue weighted by Crippen LogP contribution is -2.59. The Balaban J connectivity index is 2.19. The highest BCUT2D eigenvalue weighted by atomic mass is 16.5. The third kappa shape index (κ3) is 1.80. The molecule has 0 aliphatic carbocycles. The van der Waals surface area contributed by atoms with Gasteiger partial charge in [-0.05, 0) is 19.8 Å². The van der Waals surface area contributed by atoms with E-state index in [9.17, 15) is 9.59 Å². The van der Waals surface area contributed by atoms with Crippen LogP contribution in [0.25, 0.3) is 0 Å². The molecule has 1 N–H and O–H groups in total. The zero-order valence-corrected chi connectivity index (χ0v) is 9.45. The maximum absolute atomic E-state index is 12.0. The van der Waals surface area contributed by atoms with Crippen molar-refractivity contribution < 1.29 is 19.1 Å². The first kappa shape index (κ1) is 11.4. The lowest BCUT2D eigenvalue weighted by atomic mass is 9.73. The topological polar surface area (TPSA) is 64.6 Å². The summed E-state index contributed by atoms with van der Waals surface area (Å²) in [7, 11) is 0. The number of nitrogens with one attached hydrogen (secondary N) is 1. The van der Waals surface area contributed by atoms with Crippen LogP contribution in [0.4, 0.5) is 0 Å². The van der Waals surface area contributed by atoms with Crippen molar-refractivity contribution in [2.24, 2.45) is 5.41 Å². The van der Waals surface area contributed by atoms with Gasteiger partial charge < -0.3 is 14.8 Å². The summed E-state index contributed by atoms with van der Waals surface area (Å²) in [6, 6.07) is 0. The van der Waals surface area contributed by atoms with Crippen LogP contribution in [0.3, 0.4) is 0 Å². The molecule has 2 aliphatic rings.